The van der Waals surface area contributed by atoms with Crippen molar-refractivity contribution in [2.75, 3.05) is 0 Å². The van der Waals surface area contributed by atoms with E-state index in [1.54, 1.807) is 0 Å². The van der Waals surface area contributed by atoms with E-state index in [-0.39, 0.29) is 17.6 Å². The Morgan fingerprint density at radius 3 is 2.33 bits per heavy atom. The summed E-state index contributed by atoms with van der Waals surface area (Å²) in [5, 5.41) is 0. The van der Waals surface area contributed by atoms with Crippen molar-refractivity contribution in [2.45, 2.75) is 32.7 Å². The number of carbonyl (C=O) groups excluding carboxylic acids is 3. The predicted octanol–water partition coefficient (Wildman–Crippen LogP) is 0.113. The lowest BCUT2D eigenvalue weighted by molar-refractivity contribution is -0.145. The fourth-order valence-corrected chi connectivity index (χ4v) is 1.46. The van der Waals surface area contributed by atoms with Gasteiger partial charge in [0.05, 0.1) is 6.04 Å². The van der Waals surface area contributed by atoms with E-state index in [1.165, 1.54) is 13.8 Å². The number of nitrogens with zero attached hydrogens (tertiary/aromatic N) is 1. The zero-order valence-corrected chi connectivity index (χ0v) is 7.16. The molecule has 1 aliphatic rings. The Labute approximate surface area is 70.5 Å². The molecule has 0 radical (unpaired) electrons. The third-order valence-electron chi connectivity index (χ3n) is 2.02. The normalized spacial score (nSPS) is 23.0. The number of rotatable bonds is 1. The van der Waals surface area contributed by atoms with E-state index in [9.17, 15) is 14.4 Å². The Hall–Kier alpha value is -1.19. The van der Waals surface area contributed by atoms with Crippen molar-refractivity contribution in [1.82, 2.24) is 4.90 Å². The maximum absolute atomic E-state index is 11.1. The van der Waals surface area contributed by atoms with Crippen LogP contribution < -0.4 is 0 Å². The smallest absolute Gasteiger partial charge is 0.229 e. The molecule has 1 aliphatic heterocycles. The highest BCUT2D eigenvalue weighted by molar-refractivity contribution is 6.01. The van der Waals surface area contributed by atoms with Crippen LogP contribution in [0.15, 0.2) is 0 Å². The molecule has 1 saturated heterocycles. The van der Waals surface area contributed by atoms with Crippen LogP contribution in [0.5, 0.6) is 0 Å². The van der Waals surface area contributed by atoms with Gasteiger partial charge in [0.2, 0.25) is 11.8 Å². The number of hydrogen-bond donors (Lipinski definition) is 0. The Balaban J connectivity index is 2.84. The molecule has 0 spiro atoms. The zero-order chi connectivity index (χ0) is 9.30. The van der Waals surface area contributed by atoms with Crippen molar-refractivity contribution >= 4 is 17.6 Å². The van der Waals surface area contributed by atoms with Gasteiger partial charge < -0.3 is 0 Å². The molecule has 4 heteroatoms. The van der Waals surface area contributed by atoms with E-state index in [0.29, 0.717) is 12.8 Å². The maximum atomic E-state index is 11.1. The minimum absolute atomic E-state index is 0.115. The van der Waals surface area contributed by atoms with E-state index in [0.717, 1.165) is 4.90 Å². The quantitative estimate of drug-likeness (QED) is 0.560. The maximum Gasteiger partial charge on any atom is 0.229 e. The number of ketones is 1. The molecule has 0 aromatic heterocycles. The van der Waals surface area contributed by atoms with Gasteiger partial charge in [-0.05, 0) is 13.3 Å². The van der Waals surface area contributed by atoms with Crippen molar-refractivity contribution in [2.24, 2.45) is 0 Å². The highest BCUT2D eigenvalue weighted by Gasteiger charge is 2.36. The van der Waals surface area contributed by atoms with Crippen LogP contribution in [-0.4, -0.2) is 28.5 Å². The second-order valence-corrected chi connectivity index (χ2v) is 2.95. The molecule has 0 unspecified atom stereocenters. The number of imide groups is 1. The number of amides is 2. The molecule has 0 aliphatic carbocycles. The fourth-order valence-electron chi connectivity index (χ4n) is 1.46. The third-order valence-corrected chi connectivity index (χ3v) is 2.02. The first kappa shape index (κ1) is 8.90. The number of hydrogen-bond acceptors (Lipinski definition) is 3. The number of carbonyl (C=O) groups is 3. The second kappa shape index (κ2) is 3.05. The first-order valence-electron chi connectivity index (χ1n) is 3.87. The summed E-state index contributed by atoms with van der Waals surface area (Å²) in [6, 6.07) is -0.505. The lowest BCUT2D eigenvalue weighted by Crippen LogP contribution is -2.40. The molecule has 4 nitrogen and oxygen atoms in total. The highest BCUT2D eigenvalue weighted by atomic mass is 16.2. The van der Waals surface area contributed by atoms with Gasteiger partial charge in [-0.1, -0.05) is 0 Å². The molecule has 1 fully saturated rings. The predicted molar refractivity (Wildman–Crippen MR) is 41.2 cm³/mol. The molecule has 1 atom stereocenters. The Morgan fingerprint density at radius 2 is 2.00 bits per heavy atom. The van der Waals surface area contributed by atoms with Gasteiger partial charge in [-0.3, -0.25) is 19.3 Å². The molecule has 0 saturated carbocycles. The van der Waals surface area contributed by atoms with Crippen LogP contribution in [0.25, 0.3) is 0 Å². The van der Waals surface area contributed by atoms with Crippen LogP contribution in [0.1, 0.15) is 26.7 Å². The number of Topliss-reactive ketones (excluding diaryl/α,β-unsaturated/α-hetero) is 1. The van der Waals surface area contributed by atoms with Crippen molar-refractivity contribution in [3.63, 3.8) is 0 Å². The van der Waals surface area contributed by atoms with Gasteiger partial charge in [0.1, 0.15) is 0 Å². The van der Waals surface area contributed by atoms with Gasteiger partial charge in [0.25, 0.3) is 0 Å². The lowest BCUT2D eigenvalue weighted by Gasteiger charge is -2.18. The lowest BCUT2D eigenvalue weighted by atomic mass is 10.1. The van der Waals surface area contributed by atoms with Gasteiger partial charge >= 0.3 is 0 Å². The standard InChI is InChI=1S/C8H11NO3/c1-5(10)7-3-4-8(12)9(7)6(2)11/h7H,3-4H2,1-2H3/t7-/m0/s1. The average Bonchev–Trinajstić information content (AvgIpc) is 2.30. The Bertz CT molecular complexity index is 247. The monoisotopic (exact) mass is 169 g/mol. The van der Waals surface area contributed by atoms with Gasteiger partial charge in [-0.2, -0.15) is 0 Å². The van der Waals surface area contributed by atoms with Crippen LogP contribution in [0.4, 0.5) is 0 Å². The van der Waals surface area contributed by atoms with Crippen LogP contribution in [0.3, 0.4) is 0 Å². The van der Waals surface area contributed by atoms with Gasteiger partial charge in [0.15, 0.2) is 5.78 Å². The number of likely N-dealkylation sites (tertiary alicyclic amines) is 1. The van der Waals surface area contributed by atoms with E-state index in [4.69, 9.17) is 0 Å². The summed E-state index contributed by atoms with van der Waals surface area (Å²) in [5.41, 5.74) is 0. The van der Waals surface area contributed by atoms with Crippen molar-refractivity contribution < 1.29 is 14.4 Å². The van der Waals surface area contributed by atoms with Gasteiger partial charge in [-0.25, -0.2) is 0 Å². The Morgan fingerprint density at radius 1 is 1.42 bits per heavy atom. The molecule has 0 aromatic carbocycles. The topological polar surface area (TPSA) is 54.5 Å². The summed E-state index contributed by atoms with van der Waals surface area (Å²) in [4.78, 5) is 34.0. The molecule has 1 heterocycles. The van der Waals surface area contributed by atoms with E-state index in [2.05, 4.69) is 0 Å². The molecular formula is C8H11NO3. The highest BCUT2D eigenvalue weighted by Crippen LogP contribution is 2.19. The zero-order valence-electron chi connectivity index (χ0n) is 7.16. The summed E-state index contributed by atoms with van der Waals surface area (Å²) < 4.78 is 0. The summed E-state index contributed by atoms with van der Waals surface area (Å²) in [6.07, 6.45) is 0.789. The second-order valence-electron chi connectivity index (χ2n) is 2.95. The SMILES string of the molecule is CC(=O)[C@@H]1CCC(=O)N1C(C)=O. The first-order valence-corrected chi connectivity index (χ1v) is 3.87. The van der Waals surface area contributed by atoms with Crippen molar-refractivity contribution in [3.8, 4) is 0 Å². The van der Waals surface area contributed by atoms with E-state index < -0.39 is 6.04 Å². The minimum atomic E-state index is -0.505. The van der Waals surface area contributed by atoms with Crippen molar-refractivity contribution in [3.05, 3.63) is 0 Å². The largest absolute Gasteiger partial charge is 0.298 e. The minimum Gasteiger partial charge on any atom is -0.298 e. The summed E-state index contributed by atoms with van der Waals surface area (Å²) in [5.74, 6) is -0.684. The van der Waals surface area contributed by atoms with Crippen LogP contribution in [0.2, 0.25) is 0 Å². The molecule has 1 rings (SSSR count). The van der Waals surface area contributed by atoms with Gasteiger partial charge in [0, 0.05) is 13.3 Å². The van der Waals surface area contributed by atoms with Crippen LogP contribution in [-0.2, 0) is 14.4 Å². The van der Waals surface area contributed by atoms with Crippen LogP contribution >= 0.6 is 0 Å². The Kier molecular flexibility index (Phi) is 2.26. The summed E-state index contributed by atoms with van der Waals surface area (Å²) >= 11 is 0. The van der Waals surface area contributed by atoms with Gasteiger partial charge in [-0.15, -0.1) is 0 Å². The molecule has 66 valence electrons. The molecule has 0 N–H and O–H groups in total. The molecule has 2 amide bonds. The molecule has 0 bridgehead atoms. The third kappa shape index (κ3) is 1.37. The summed E-state index contributed by atoms with van der Waals surface area (Å²) in [6.45, 7) is 2.71. The van der Waals surface area contributed by atoms with E-state index >= 15 is 0 Å². The molecule has 0 aromatic rings. The van der Waals surface area contributed by atoms with Crippen LogP contribution in [0, 0.1) is 0 Å². The summed E-state index contributed by atoms with van der Waals surface area (Å²) in [7, 11) is 0. The molecule has 12 heavy (non-hydrogen) atoms. The fraction of sp³-hybridized carbons (Fsp3) is 0.625. The van der Waals surface area contributed by atoms with Crippen molar-refractivity contribution in [1.29, 1.82) is 0 Å². The van der Waals surface area contributed by atoms with E-state index in [1.807, 2.05) is 0 Å². The first-order chi connectivity index (χ1) is 5.54. The molecular weight excluding hydrogens is 158 g/mol. The average molecular weight is 169 g/mol.